The van der Waals surface area contributed by atoms with Gasteiger partial charge in [-0.25, -0.2) is 4.68 Å². The number of rotatable bonds is 1. The van der Waals surface area contributed by atoms with E-state index in [1.54, 1.807) is 23.0 Å². The first-order valence-electron chi connectivity index (χ1n) is 4.02. The van der Waals surface area contributed by atoms with E-state index in [0.717, 1.165) is 10.2 Å². The van der Waals surface area contributed by atoms with E-state index in [1.165, 1.54) is 0 Å². The van der Waals surface area contributed by atoms with Crippen LogP contribution in [0.4, 0.5) is 11.4 Å². The third-order valence-electron chi connectivity index (χ3n) is 1.89. The van der Waals surface area contributed by atoms with Crippen LogP contribution in [0.15, 0.2) is 35.1 Å². The van der Waals surface area contributed by atoms with Crippen LogP contribution in [-0.4, -0.2) is 9.78 Å². The van der Waals surface area contributed by atoms with E-state index in [1.807, 2.05) is 12.3 Å². The number of hydrogen-bond acceptors (Lipinski definition) is 3. The van der Waals surface area contributed by atoms with Gasteiger partial charge in [-0.05, 0) is 34.1 Å². The lowest BCUT2D eigenvalue weighted by Gasteiger charge is -2.04. The maximum atomic E-state index is 5.69. The Morgan fingerprint density at radius 3 is 2.57 bits per heavy atom. The molecule has 0 amide bonds. The monoisotopic (exact) mass is 252 g/mol. The smallest absolute Gasteiger partial charge is 0.0668 e. The Hall–Kier alpha value is -1.49. The minimum atomic E-state index is 0.564. The van der Waals surface area contributed by atoms with E-state index >= 15 is 0 Å². The highest BCUT2D eigenvalue weighted by atomic mass is 79.9. The summed E-state index contributed by atoms with van der Waals surface area (Å²) in [5.74, 6) is 0. The molecule has 0 atom stereocenters. The zero-order chi connectivity index (χ0) is 10.1. The van der Waals surface area contributed by atoms with E-state index in [0.29, 0.717) is 11.4 Å². The maximum absolute atomic E-state index is 5.69. The quantitative estimate of drug-likeness (QED) is 0.761. The van der Waals surface area contributed by atoms with Crippen molar-refractivity contribution in [1.82, 2.24) is 9.78 Å². The molecule has 4 nitrogen and oxygen atoms in total. The number of nitrogens with two attached hydrogens (primary N) is 2. The largest absolute Gasteiger partial charge is 0.397 e. The van der Waals surface area contributed by atoms with Gasteiger partial charge in [0, 0.05) is 6.20 Å². The Morgan fingerprint density at radius 2 is 2.00 bits per heavy atom. The van der Waals surface area contributed by atoms with Gasteiger partial charge in [-0.15, -0.1) is 0 Å². The second-order valence-corrected chi connectivity index (χ2v) is 3.83. The van der Waals surface area contributed by atoms with E-state index in [9.17, 15) is 0 Å². The molecule has 0 aliphatic rings. The van der Waals surface area contributed by atoms with Gasteiger partial charge in [0.15, 0.2) is 0 Å². The summed E-state index contributed by atoms with van der Waals surface area (Å²) in [6.45, 7) is 0. The fourth-order valence-electron chi connectivity index (χ4n) is 1.15. The highest BCUT2D eigenvalue weighted by Gasteiger charge is 2.00. The summed E-state index contributed by atoms with van der Waals surface area (Å²) in [6, 6.07) is 5.42. The van der Waals surface area contributed by atoms with Crippen LogP contribution in [0, 0.1) is 0 Å². The zero-order valence-electron chi connectivity index (χ0n) is 7.31. The van der Waals surface area contributed by atoms with E-state index in [2.05, 4.69) is 21.0 Å². The van der Waals surface area contributed by atoms with E-state index in [-0.39, 0.29) is 0 Å². The van der Waals surface area contributed by atoms with Crippen molar-refractivity contribution >= 4 is 27.3 Å². The molecule has 0 fully saturated rings. The molecule has 1 heterocycles. The fraction of sp³-hybridized carbons (Fsp3) is 0. The molecule has 0 unspecified atom stereocenters. The number of aromatic nitrogens is 2. The van der Waals surface area contributed by atoms with Crippen LogP contribution in [0.3, 0.4) is 0 Å². The first-order valence-corrected chi connectivity index (χ1v) is 4.81. The summed E-state index contributed by atoms with van der Waals surface area (Å²) < 4.78 is 2.65. The van der Waals surface area contributed by atoms with Gasteiger partial charge in [-0.2, -0.15) is 5.10 Å². The van der Waals surface area contributed by atoms with Gasteiger partial charge < -0.3 is 11.5 Å². The lowest BCUT2D eigenvalue weighted by atomic mass is 10.2. The standard InChI is InChI=1S/C9H9BrN4/c10-6-4-13-14(5-6)7-1-2-8(11)9(12)3-7/h1-5H,11-12H2. The summed E-state index contributed by atoms with van der Waals surface area (Å²) in [4.78, 5) is 0. The summed E-state index contributed by atoms with van der Waals surface area (Å²) in [6.07, 6.45) is 3.57. The molecule has 0 aliphatic heterocycles. The minimum Gasteiger partial charge on any atom is -0.397 e. The Kier molecular flexibility index (Phi) is 2.17. The lowest BCUT2D eigenvalue weighted by molar-refractivity contribution is 0.881. The number of hydrogen-bond donors (Lipinski definition) is 2. The lowest BCUT2D eigenvalue weighted by Crippen LogP contribution is -1.99. The molecule has 0 saturated heterocycles. The predicted octanol–water partition coefficient (Wildman–Crippen LogP) is 1.80. The molecule has 2 aromatic rings. The Bertz CT molecular complexity index is 464. The molecule has 0 saturated carbocycles. The van der Waals surface area contributed by atoms with Crippen molar-refractivity contribution in [2.24, 2.45) is 0 Å². The van der Waals surface area contributed by atoms with Gasteiger partial charge in [-0.3, -0.25) is 0 Å². The highest BCUT2D eigenvalue weighted by Crippen LogP contribution is 2.19. The topological polar surface area (TPSA) is 69.9 Å². The van der Waals surface area contributed by atoms with Crippen molar-refractivity contribution in [1.29, 1.82) is 0 Å². The summed E-state index contributed by atoms with van der Waals surface area (Å²) in [5, 5.41) is 4.13. The van der Waals surface area contributed by atoms with Crippen LogP contribution in [-0.2, 0) is 0 Å². The summed E-state index contributed by atoms with van der Waals surface area (Å²) in [5.41, 5.74) is 13.3. The summed E-state index contributed by atoms with van der Waals surface area (Å²) in [7, 11) is 0. The predicted molar refractivity (Wildman–Crippen MR) is 60.1 cm³/mol. The molecule has 14 heavy (non-hydrogen) atoms. The molecular formula is C9H9BrN4. The average Bonchev–Trinajstić information content (AvgIpc) is 2.57. The molecule has 4 N–H and O–H groups in total. The Balaban J connectivity index is 2.47. The molecule has 5 heteroatoms. The Labute approximate surface area is 89.6 Å². The fourth-order valence-corrected chi connectivity index (χ4v) is 1.43. The van der Waals surface area contributed by atoms with Crippen molar-refractivity contribution in [3.05, 3.63) is 35.1 Å². The van der Waals surface area contributed by atoms with E-state index < -0.39 is 0 Å². The van der Waals surface area contributed by atoms with Gasteiger partial charge in [0.1, 0.15) is 0 Å². The molecule has 1 aromatic carbocycles. The van der Waals surface area contributed by atoms with Gasteiger partial charge in [0.25, 0.3) is 0 Å². The highest BCUT2D eigenvalue weighted by molar-refractivity contribution is 9.10. The van der Waals surface area contributed by atoms with E-state index in [4.69, 9.17) is 11.5 Å². The molecular weight excluding hydrogens is 244 g/mol. The van der Waals surface area contributed by atoms with Crippen molar-refractivity contribution in [2.75, 3.05) is 11.5 Å². The van der Waals surface area contributed by atoms with Crippen molar-refractivity contribution in [3.63, 3.8) is 0 Å². The van der Waals surface area contributed by atoms with Crippen LogP contribution < -0.4 is 11.5 Å². The average molecular weight is 253 g/mol. The van der Waals surface area contributed by atoms with Crippen LogP contribution >= 0.6 is 15.9 Å². The maximum Gasteiger partial charge on any atom is 0.0668 e. The first-order chi connectivity index (χ1) is 6.66. The van der Waals surface area contributed by atoms with Crippen LogP contribution in [0.5, 0.6) is 0 Å². The van der Waals surface area contributed by atoms with Gasteiger partial charge in [0.2, 0.25) is 0 Å². The second kappa shape index (κ2) is 3.34. The van der Waals surface area contributed by atoms with Crippen molar-refractivity contribution < 1.29 is 0 Å². The number of benzene rings is 1. The molecule has 1 aromatic heterocycles. The Morgan fingerprint density at radius 1 is 1.21 bits per heavy atom. The molecule has 72 valence electrons. The minimum absolute atomic E-state index is 0.564. The van der Waals surface area contributed by atoms with Gasteiger partial charge in [-0.1, -0.05) is 0 Å². The van der Waals surface area contributed by atoms with Crippen LogP contribution in [0.2, 0.25) is 0 Å². The molecule has 0 radical (unpaired) electrons. The van der Waals surface area contributed by atoms with Gasteiger partial charge >= 0.3 is 0 Å². The molecule has 0 bridgehead atoms. The normalized spacial score (nSPS) is 10.4. The van der Waals surface area contributed by atoms with Crippen LogP contribution in [0.25, 0.3) is 5.69 Å². The molecule has 0 spiro atoms. The first kappa shape index (κ1) is 9.08. The zero-order valence-corrected chi connectivity index (χ0v) is 8.90. The number of nitrogens with zero attached hydrogens (tertiary/aromatic N) is 2. The van der Waals surface area contributed by atoms with Crippen LogP contribution in [0.1, 0.15) is 0 Å². The number of anilines is 2. The van der Waals surface area contributed by atoms with Crippen molar-refractivity contribution in [3.8, 4) is 5.69 Å². The van der Waals surface area contributed by atoms with Crippen molar-refractivity contribution in [2.45, 2.75) is 0 Å². The second-order valence-electron chi connectivity index (χ2n) is 2.92. The van der Waals surface area contributed by atoms with Gasteiger partial charge in [0.05, 0.1) is 27.7 Å². The number of halogens is 1. The third kappa shape index (κ3) is 1.58. The molecule has 0 aliphatic carbocycles. The SMILES string of the molecule is Nc1ccc(-n2cc(Br)cn2)cc1N. The third-order valence-corrected chi connectivity index (χ3v) is 2.30. The summed E-state index contributed by atoms with van der Waals surface area (Å²) >= 11 is 3.32. The number of nitrogen functional groups attached to an aromatic ring is 2. The molecule has 2 rings (SSSR count).